The molecule has 18 heavy (non-hydrogen) atoms. The number of halogens is 1. The molecule has 1 aromatic carbocycles. The van der Waals surface area contributed by atoms with E-state index < -0.39 is 0 Å². The molecule has 1 N–H and O–H groups in total. The molecule has 2 atom stereocenters. The minimum absolute atomic E-state index is 0.136. The molecule has 0 amide bonds. The molecule has 100 valence electrons. The summed E-state index contributed by atoms with van der Waals surface area (Å²) in [6, 6.07) is 5.03. The number of hydrogen-bond acceptors (Lipinski definition) is 1. The van der Waals surface area contributed by atoms with Crippen molar-refractivity contribution in [2.45, 2.75) is 46.1 Å². The Balaban J connectivity index is 1.82. The normalized spacial score (nSPS) is 24.2. The molecule has 0 bridgehead atoms. The van der Waals surface area contributed by atoms with E-state index >= 15 is 0 Å². The Morgan fingerprint density at radius 1 is 1.28 bits per heavy atom. The zero-order valence-corrected chi connectivity index (χ0v) is 11.5. The Morgan fingerprint density at radius 2 is 2.06 bits per heavy atom. The summed E-state index contributed by atoms with van der Waals surface area (Å²) in [4.78, 5) is 0. The monoisotopic (exact) mass is 249 g/mol. The Kier molecular flexibility index (Phi) is 4.76. The van der Waals surface area contributed by atoms with Gasteiger partial charge in [0.25, 0.3) is 0 Å². The minimum Gasteiger partial charge on any atom is -0.312 e. The van der Waals surface area contributed by atoms with Crippen molar-refractivity contribution in [3.8, 4) is 0 Å². The Morgan fingerprint density at radius 3 is 2.83 bits per heavy atom. The molecule has 1 saturated carbocycles. The molecule has 2 unspecified atom stereocenters. The van der Waals surface area contributed by atoms with Crippen LogP contribution in [0.15, 0.2) is 18.2 Å². The third-order valence-corrected chi connectivity index (χ3v) is 4.32. The summed E-state index contributed by atoms with van der Waals surface area (Å²) in [5.74, 6) is 1.50. The van der Waals surface area contributed by atoms with E-state index in [9.17, 15) is 4.39 Å². The molecular formula is C16H24FN. The molecule has 1 aliphatic carbocycles. The Labute approximate surface area is 110 Å². The van der Waals surface area contributed by atoms with Crippen LogP contribution in [0.1, 0.15) is 43.7 Å². The largest absolute Gasteiger partial charge is 0.312 e. The van der Waals surface area contributed by atoms with E-state index in [1.807, 2.05) is 13.0 Å². The van der Waals surface area contributed by atoms with Gasteiger partial charge in [0.05, 0.1) is 0 Å². The molecule has 1 aliphatic rings. The lowest BCUT2D eigenvalue weighted by Gasteiger charge is -2.29. The molecule has 0 saturated heterocycles. The van der Waals surface area contributed by atoms with E-state index in [0.29, 0.717) is 0 Å². The highest BCUT2D eigenvalue weighted by Crippen LogP contribution is 2.28. The van der Waals surface area contributed by atoms with Gasteiger partial charge in [0, 0.05) is 6.54 Å². The van der Waals surface area contributed by atoms with E-state index in [0.717, 1.165) is 30.5 Å². The van der Waals surface area contributed by atoms with Gasteiger partial charge in [0.15, 0.2) is 0 Å². The van der Waals surface area contributed by atoms with Crippen LogP contribution in [0.3, 0.4) is 0 Å². The molecule has 0 heterocycles. The molecule has 2 rings (SSSR count). The summed E-state index contributed by atoms with van der Waals surface area (Å²) in [6.07, 6.45) is 5.47. The van der Waals surface area contributed by atoms with E-state index in [4.69, 9.17) is 0 Å². The van der Waals surface area contributed by atoms with Crippen LogP contribution in [0.5, 0.6) is 0 Å². The highest BCUT2D eigenvalue weighted by atomic mass is 19.1. The lowest BCUT2D eigenvalue weighted by atomic mass is 9.80. The summed E-state index contributed by atoms with van der Waals surface area (Å²) in [7, 11) is 0. The van der Waals surface area contributed by atoms with Crippen LogP contribution in [0.25, 0.3) is 0 Å². The second-order valence-electron chi connectivity index (χ2n) is 5.72. The maximum absolute atomic E-state index is 13.2. The second-order valence-corrected chi connectivity index (χ2v) is 5.72. The van der Waals surface area contributed by atoms with Crippen molar-refractivity contribution in [2.24, 2.45) is 11.8 Å². The minimum atomic E-state index is -0.136. The quantitative estimate of drug-likeness (QED) is 0.849. The van der Waals surface area contributed by atoms with Crippen molar-refractivity contribution in [1.82, 2.24) is 5.32 Å². The maximum Gasteiger partial charge on any atom is 0.123 e. The van der Waals surface area contributed by atoms with Gasteiger partial charge >= 0.3 is 0 Å². The Bertz CT molecular complexity index is 389. The van der Waals surface area contributed by atoms with Gasteiger partial charge in [-0.05, 0) is 55.0 Å². The second kappa shape index (κ2) is 6.33. The van der Waals surface area contributed by atoms with Crippen LogP contribution in [0.2, 0.25) is 0 Å². The summed E-state index contributed by atoms with van der Waals surface area (Å²) >= 11 is 0. The summed E-state index contributed by atoms with van der Waals surface area (Å²) in [6.45, 7) is 6.25. The molecule has 0 aliphatic heterocycles. The maximum atomic E-state index is 13.2. The van der Waals surface area contributed by atoms with E-state index in [1.165, 1.54) is 37.3 Å². The third-order valence-electron chi connectivity index (χ3n) is 4.32. The van der Waals surface area contributed by atoms with Gasteiger partial charge in [-0.3, -0.25) is 0 Å². The topological polar surface area (TPSA) is 12.0 Å². The third kappa shape index (κ3) is 3.55. The van der Waals surface area contributed by atoms with Crippen LogP contribution >= 0.6 is 0 Å². The molecule has 0 aromatic heterocycles. The summed E-state index contributed by atoms with van der Waals surface area (Å²) in [5, 5.41) is 3.50. The molecule has 1 aromatic rings. The first-order valence-corrected chi connectivity index (χ1v) is 7.12. The number of hydrogen-bond donors (Lipinski definition) is 1. The number of nitrogens with one attached hydrogen (secondary N) is 1. The van der Waals surface area contributed by atoms with Crippen molar-refractivity contribution in [3.05, 3.63) is 35.1 Å². The van der Waals surface area contributed by atoms with Gasteiger partial charge in [0.2, 0.25) is 0 Å². The first-order chi connectivity index (χ1) is 8.66. The van der Waals surface area contributed by atoms with Crippen LogP contribution < -0.4 is 5.32 Å². The van der Waals surface area contributed by atoms with Crippen molar-refractivity contribution >= 4 is 0 Å². The fourth-order valence-electron chi connectivity index (χ4n) is 2.92. The first kappa shape index (κ1) is 13.5. The predicted octanol–water partition coefficient (Wildman–Crippen LogP) is 4.05. The smallest absolute Gasteiger partial charge is 0.123 e. The van der Waals surface area contributed by atoms with Gasteiger partial charge in [-0.2, -0.15) is 0 Å². The average Bonchev–Trinajstić information content (AvgIpc) is 2.36. The van der Waals surface area contributed by atoms with Gasteiger partial charge < -0.3 is 5.32 Å². The number of benzene rings is 1. The van der Waals surface area contributed by atoms with Gasteiger partial charge in [0.1, 0.15) is 5.82 Å². The first-order valence-electron chi connectivity index (χ1n) is 7.12. The van der Waals surface area contributed by atoms with E-state index in [1.54, 1.807) is 6.07 Å². The number of rotatable bonds is 4. The lowest BCUT2D eigenvalue weighted by molar-refractivity contribution is 0.247. The van der Waals surface area contributed by atoms with Gasteiger partial charge in [-0.15, -0.1) is 0 Å². The van der Waals surface area contributed by atoms with Crippen LogP contribution in [-0.2, 0) is 6.54 Å². The molecular weight excluding hydrogens is 225 g/mol. The van der Waals surface area contributed by atoms with E-state index in [2.05, 4.69) is 12.2 Å². The number of aryl methyl sites for hydroxylation is 1. The fraction of sp³-hybridized carbons (Fsp3) is 0.625. The van der Waals surface area contributed by atoms with E-state index in [-0.39, 0.29) is 5.82 Å². The average molecular weight is 249 g/mol. The lowest BCUT2D eigenvalue weighted by Crippen LogP contribution is -2.29. The summed E-state index contributed by atoms with van der Waals surface area (Å²) < 4.78 is 13.2. The standard InChI is InChI=1S/C16H24FN/c1-12-5-3-4-6-14(12)10-18-11-15-9-16(17)8-7-13(15)2/h7-9,12,14,18H,3-6,10-11H2,1-2H3. The van der Waals surface area contributed by atoms with Crippen molar-refractivity contribution in [1.29, 1.82) is 0 Å². The van der Waals surface area contributed by atoms with Gasteiger partial charge in [-0.1, -0.05) is 32.3 Å². The molecule has 2 heteroatoms. The SMILES string of the molecule is Cc1ccc(F)cc1CNCC1CCCCC1C. The molecule has 1 nitrogen and oxygen atoms in total. The summed E-state index contributed by atoms with van der Waals surface area (Å²) in [5.41, 5.74) is 2.25. The zero-order valence-electron chi connectivity index (χ0n) is 11.5. The van der Waals surface area contributed by atoms with Crippen LogP contribution in [0, 0.1) is 24.6 Å². The van der Waals surface area contributed by atoms with Crippen molar-refractivity contribution in [2.75, 3.05) is 6.54 Å². The van der Waals surface area contributed by atoms with Crippen LogP contribution in [0.4, 0.5) is 4.39 Å². The van der Waals surface area contributed by atoms with Crippen LogP contribution in [-0.4, -0.2) is 6.54 Å². The highest BCUT2D eigenvalue weighted by molar-refractivity contribution is 5.26. The Hall–Kier alpha value is -0.890. The predicted molar refractivity (Wildman–Crippen MR) is 74.0 cm³/mol. The highest BCUT2D eigenvalue weighted by Gasteiger charge is 2.20. The fourth-order valence-corrected chi connectivity index (χ4v) is 2.92. The van der Waals surface area contributed by atoms with Crippen molar-refractivity contribution < 1.29 is 4.39 Å². The molecule has 0 spiro atoms. The van der Waals surface area contributed by atoms with Crippen molar-refractivity contribution in [3.63, 3.8) is 0 Å². The van der Waals surface area contributed by atoms with Gasteiger partial charge in [-0.25, -0.2) is 4.39 Å². The zero-order chi connectivity index (χ0) is 13.0. The molecule has 0 radical (unpaired) electrons. The molecule has 1 fully saturated rings.